The number of hydrogen-bond donors (Lipinski definition) is 1. The Kier molecular flexibility index (Phi) is 2.52. The summed E-state index contributed by atoms with van der Waals surface area (Å²) >= 11 is 0. The van der Waals surface area contributed by atoms with Gasteiger partial charge in [0, 0.05) is 6.04 Å². The molecule has 0 aromatic rings. The molecule has 1 rings (SSSR count). The molecule has 1 saturated carbocycles. The third-order valence-corrected chi connectivity index (χ3v) is 2.43. The van der Waals surface area contributed by atoms with Gasteiger partial charge in [-0.1, -0.05) is 26.2 Å². The number of nitrogens with two attached hydrogens (primary N) is 1. The zero-order chi connectivity index (χ0) is 6.69. The highest BCUT2D eigenvalue weighted by Crippen LogP contribution is 2.20. The van der Waals surface area contributed by atoms with Gasteiger partial charge in [0.25, 0.3) is 0 Å². The standard InChI is InChI=1S/C8H17N/c1-7-5-3-2-4-6-8(7)9/h7-8H,2-6,9H2,1H3/t7-,8-/m0/s1. The van der Waals surface area contributed by atoms with Crippen molar-refractivity contribution in [2.24, 2.45) is 11.7 Å². The van der Waals surface area contributed by atoms with Gasteiger partial charge >= 0.3 is 0 Å². The van der Waals surface area contributed by atoms with E-state index in [2.05, 4.69) is 6.92 Å². The highest BCUT2D eigenvalue weighted by Gasteiger charge is 2.14. The predicted octanol–water partition coefficient (Wildman–Crippen LogP) is 1.91. The van der Waals surface area contributed by atoms with E-state index in [0.29, 0.717) is 6.04 Å². The minimum Gasteiger partial charge on any atom is -0.327 e. The lowest BCUT2D eigenvalue weighted by atomic mass is 9.98. The van der Waals surface area contributed by atoms with E-state index < -0.39 is 0 Å². The molecule has 2 N–H and O–H groups in total. The smallest absolute Gasteiger partial charge is 0.00645 e. The molecule has 0 bridgehead atoms. The van der Waals surface area contributed by atoms with Crippen molar-refractivity contribution in [3.63, 3.8) is 0 Å². The van der Waals surface area contributed by atoms with Crippen molar-refractivity contribution in [3.05, 3.63) is 0 Å². The first-order chi connectivity index (χ1) is 4.30. The monoisotopic (exact) mass is 127 g/mol. The van der Waals surface area contributed by atoms with E-state index in [1.807, 2.05) is 0 Å². The Hall–Kier alpha value is -0.0400. The van der Waals surface area contributed by atoms with Crippen molar-refractivity contribution >= 4 is 0 Å². The lowest BCUT2D eigenvalue weighted by Gasteiger charge is -2.14. The Bertz CT molecular complexity index is 70.6. The van der Waals surface area contributed by atoms with Crippen LogP contribution in [0.2, 0.25) is 0 Å². The zero-order valence-electron chi connectivity index (χ0n) is 6.27. The molecule has 1 fully saturated rings. The SMILES string of the molecule is C[C@H]1CCCCC[C@@H]1N. The van der Waals surface area contributed by atoms with Crippen molar-refractivity contribution in [3.8, 4) is 0 Å². The summed E-state index contributed by atoms with van der Waals surface area (Å²) in [5, 5.41) is 0. The second kappa shape index (κ2) is 3.21. The Balaban J connectivity index is 2.32. The average molecular weight is 127 g/mol. The predicted molar refractivity (Wildman–Crippen MR) is 40.2 cm³/mol. The fourth-order valence-corrected chi connectivity index (χ4v) is 1.52. The van der Waals surface area contributed by atoms with Crippen LogP contribution in [0.1, 0.15) is 39.0 Å². The molecule has 54 valence electrons. The minimum atomic E-state index is 0.493. The van der Waals surface area contributed by atoms with Crippen LogP contribution < -0.4 is 5.73 Å². The largest absolute Gasteiger partial charge is 0.327 e. The summed E-state index contributed by atoms with van der Waals surface area (Å²) in [7, 11) is 0. The van der Waals surface area contributed by atoms with Crippen molar-refractivity contribution in [2.75, 3.05) is 0 Å². The summed E-state index contributed by atoms with van der Waals surface area (Å²) in [5.41, 5.74) is 5.88. The van der Waals surface area contributed by atoms with Crippen molar-refractivity contribution in [1.29, 1.82) is 0 Å². The molecule has 0 radical (unpaired) electrons. The molecule has 0 aromatic heterocycles. The summed E-state index contributed by atoms with van der Waals surface area (Å²) in [6.07, 6.45) is 6.75. The lowest BCUT2D eigenvalue weighted by molar-refractivity contribution is 0.432. The highest BCUT2D eigenvalue weighted by molar-refractivity contribution is 4.72. The molecule has 2 atom stereocenters. The average Bonchev–Trinajstić information content (AvgIpc) is 1.99. The third kappa shape index (κ3) is 1.98. The summed E-state index contributed by atoms with van der Waals surface area (Å²) in [5.74, 6) is 0.771. The van der Waals surface area contributed by atoms with Crippen molar-refractivity contribution in [1.82, 2.24) is 0 Å². The molecule has 0 unspecified atom stereocenters. The topological polar surface area (TPSA) is 26.0 Å². The van der Waals surface area contributed by atoms with Crippen LogP contribution in [0.4, 0.5) is 0 Å². The molecular formula is C8H17N. The second-order valence-corrected chi connectivity index (χ2v) is 3.28. The molecule has 1 aliphatic rings. The van der Waals surface area contributed by atoms with E-state index in [4.69, 9.17) is 5.73 Å². The number of rotatable bonds is 0. The Morgan fingerprint density at radius 2 is 1.78 bits per heavy atom. The Labute approximate surface area is 57.6 Å². The van der Waals surface area contributed by atoms with E-state index in [0.717, 1.165) is 5.92 Å². The molecule has 1 aliphatic carbocycles. The van der Waals surface area contributed by atoms with E-state index in [9.17, 15) is 0 Å². The van der Waals surface area contributed by atoms with E-state index in [1.165, 1.54) is 32.1 Å². The first-order valence-electron chi connectivity index (χ1n) is 4.06. The molecule has 0 heterocycles. The normalized spacial score (nSPS) is 38.0. The minimum absolute atomic E-state index is 0.493. The van der Waals surface area contributed by atoms with E-state index in [-0.39, 0.29) is 0 Å². The second-order valence-electron chi connectivity index (χ2n) is 3.28. The quantitative estimate of drug-likeness (QED) is 0.494. The van der Waals surface area contributed by atoms with Crippen molar-refractivity contribution < 1.29 is 0 Å². The Morgan fingerprint density at radius 3 is 2.56 bits per heavy atom. The van der Waals surface area contributed by atoms with Crippen LogP contribution in [0.3, 0.4) is 0 Å². The van der Waals surface area contributed by atoms with Crippen LogP contribution in [-0.4, -0.2) is 6.04 Å². The maximum atomic E-state index is 5.88. The first-order valence-corrected chi connectivity index (χ1v) is 4.06. The Morgan fingerprint density at radius 1 is 1.11 bits per heavy atom. The van der Waals surface area contributed by atoms with Gasteiger partial charge in [-0.15, -0.1) is 0 Å². The molecule has 1 nitrogen and oxygen atoms in total. The first kappa shape index (κ1) is 7.07. The van der Waals surface area contributed by atoms with Gasteiger partial charge in [0.1, 0.15) is 0 Å². The maximum absolute atomic E-state index is 5.88. The molecule has 9 heavy (non-hydrogen) atoms. The fourth-order valence-electron chi connectivity index (χ4n) is 1.52. The van der Waals surface area contributed by atoms with Gasteiger partial charge in [0.05, 0.1) is 0 Å². The van der Waals surface area contributed by atoms with Gasteiger partial charge in [-0.3, -0.25) is 0 Å². The molecule has 0 aromatic carbocycles. The van der Waals surface area contributed by atoms with Crippen LogP contribution >= 0.6 is 0 Å². The number of hydrogen-bond acceptors (Lipinski definition) is 1. The molecular weight excluding hydrogens is 110 g/mol. The molecule has 0 amide bonds. The summed E-state index contributed by atoms with van der Waals surface area (Å²) in [4.78, 5) is 0. The van der Waals surface area contributed by atoms with Gasteiger partial charge in [-0.25, -0.2) is 0 Å². The van der Waals surface area contributed by atoms with Crippen LogP contribution in [0.5, 0.6) is 0 Å². The van der Waals surface area contributed by atoms with Gasteiger partial charge in [-0.2, -0.15) is 0 Å². The lowest BCUT2D eigenvalue weighted by Crippen LogP contribution is -2.26. The maximum Gasteiger partial charge on any atom is 0.00645 e. The van der Waals surface area contributed by atoms with Gasteiger partial charge in [0.2, 0.25) is 0 Å². The van der Waals surface area contributed by atoms with Crippen LogP contribution in [0.15, 0.2) is 0 Å². The van der Waals surface area contributed by atoms with Crippen molar-refractivity contribution in [2.45, 2.75) is 45.1 Å². The molecule has 0 spiro atoms. The van der Waals surface area contributed by atoms with E-state index >= 15 is 0 Å². The van der Waals surface area contributed by atoms with Gasteiger partial charge in [-0.05, 0) is 18.8 Å². The van der Waals surface area contributed by atoms with Crippen LogP contribution in [0.25, 0.3) is 0 Å². The van der Waals surface area contributed by atoms with Gasteiger partial charge in [0.15, 0.2) is 0 Å². The van der Waals surface area contributed by atoms with Gasteiger partial charge < -0.3 is 5.73 Å². The fraction of sp³-hybridized carbons (Fsp3) is 1.00. The molecule has 0 aliphatic heterocycles. The summed E-state index contributed by atoms with van der Waals surface area (Å²) in [6.45, 7) is 2.27. The molecule has 0 saturated heterocycles. The summed E-state index contributed by atoms with van der Waals surface area (Å²) < 4.78 is 0. The van der Waals surface area contributed by atoms with E-state index in [1.54, 1.807) is 0 Å². The highest BCUT2D eigenvalue weighted by atomic mass is 14.6. The van der Waals surface area contributed by atoms with Crippen LogP contribution in [0, 0.1) is 5.92 Å². The zero-order valence-corrected chi connectivity index (χ0v) is 6.27. The van der Waals surface area contributed by atoms with Crippen LogP contribution in [-0.2, 0) is 0 Å². The third-order valence-electron chi connectivity index (χ3n) is 2.43. The molecule has 1 heteroatoms. The summed E-state index contributed by atoms with van der Waals surface area (Å²) in [6, 6.07) is 0.493.